The highest BCUT2D eigenvalue weighted by atomic mass is 127. The van der Waals surface area contributed by atoms with E-state index >= 15 is 0 Å². The van der Waals surface area contributed by atoms with E-state index in [0.29, 0.717) is 36.5 Å². The van der Waals surface area contributed by atoms with Crippen LogP contribution in [0.1, 0.15) is 66.2 Å². The zero-order valence-corrected chi connectivity index (χ0v) is 24.1. The SMILES string of the molecule is C=C(OS(=O)(=O)C(F)(F)F)[C@H](C)CC1CC[C@@H]2O[C@@H](CCCOC(=O)c3ccccc3C(=O)O)C[C@]2(CI)O1. The second-order valence-electron chi connectivity index (χ2n) is 9.68. The largest absolute Gasteiger partial charge is 0.534 e. The van der Waals surface area contributed by atoms with Crippen molar-refractivity contribution in [2.75, 3.05) is 11.0 Å². The van der Waals surface area contributed by atoms with Crippen LogP contribution < -0.4 is 0 Å². The van der Waals surface area contributed by atoms with Gasteiger partial charge < -0.3 is 23.5 Å². The molecule has 0 radical (unpaired) electrons. The van der Waals surface area contributed by atoms with Crippen LogP contribution in [0.4, 0.5) is 13.2 Å². The van der Waals surface area contributed by atoms with Crippen LogP contribution in [0, 0.1) is 5.92 Å². The normalized spacial score (nSPS) is 25.9. The van der Waals surface area contributed by atoms with E-state index in [0.717, 1.165) is 0 Å². The molecule has 0 amide bonds. The summed E-state index contributed by atoms with van der Waals surface area (Å²) >= 11 is 2.21. The van der Waals surface area contributed by atoms with Gasteiger partial charge in [0.15, 0.2) is 0 Å². The van der Waals surface area contributed by atoms with Crippen LogP contribution in [-0.2, 0) is 28.5 Å². The smallest absolute Gasteiger partial charge is 0.478 e. The molecule has 1 aromatic carbocycles. The molecule has 3 rings (SSSR count). The summed E-state index contributed by atoms with van der Waals surface area (Å²) in [4.78, 5) is 23.6. The number of carboxylic acids is 1. The second-order valence-corrected chi connectivity index (χ2v) is 12.0. The van der Waals surface area contributed by atoms with Gasteiger partial charge in [-0.25, -0.2) is 9.59 Å². The van der Waals surface area contributed by atoms with E-state index in [4.69, 9.17) is 14.2 Å². The molecule has 218 valence electrons. The lowest BCUT2D eigenvalue weighted by molar-refractivity contribution is -0.156. The van der Waals surface area contributed by atoms with Crippen LogP contribution in [0.2, 0.25) is 0 Å². The number of alkyl halides is 4. The Labute approximate surface area is 238 Å². The number of ether oxygens (including phenoxy) is 3. The molecule has 2 fully saturated rings. The third-order valence-electron chi connectivity index (χ3n) is 6.84. The molecule has 14 heteroatoms. The van der Waals surface area contributed by atoms with Crippen molar-refractivity contribution in [2.24, 2.45) is 5.92 Å². The molecule has 2 saturated heterocycles. The van der Waals surface area contributed by atoms with Gasteiger partial charge in [-0.1, -0.05) is 48.2 Å². The van der Waals surface area contributed by atoms with Crippen molar-refractivity contribution in [3.8, 4) is 0 Å². The van der Waals surface area contributed by atoms with Crippen molar-refractivity contribution in [1.29, 1.82) is 0 Å². The maximum Gasteiger partial charge on any atom is 0.534 e. The van der Waals surface area contributed by atoms with Gasteiger partial charge in [0.2, 0.25) is 0 Å². The zero-order valence-electron chi connectivity index (χ0n) is 21.1. The lowest BCUT2D eigenvalue weighted by Crippen LogP contribution is -2.50. The molecule has 0 bridgehead atoms. The van der Waals surface area contributed by atoms with Crippen LogP contribution in [-0.4, -0.2) is 65.9 Å². The molecule has 1 N–H and O–H groups in total. The third-order valence-corrected chi connectivity index (χ3v) is 9.13. The minimum atomic E-state index is -5.78. The zero-order chi connectivity index (χ0) is 29.0. The van der Waals surface area contributed by atoms with Crippen molar-refractivity contribution >= 4 is 44.6 Å². The summed E-state index contributed by atoms with van der Waals surface area (Å²) < 4.78 is 83.1. The maximum absolute atomic E-state index is 12.6. The first-order valence-corrected chi connectivity index (χ1v) is 15.2. The molecule has 1 unspecified atom stereocenters. The third kappa shape index (κ3) is 7.64. The van der Waals surface area contributed by atoms with E-state index in [-0.39, 0.29) is 42.5 Å². The molecular formula is C25H30F3IO9S. The molecule has 5 atom stereocenters. The lowest BCUT2D eigenvalue weighted by atomic mass is 9.86. The molecule has 0 saturated carbocycles. The number of hydrogen-bond acceptors (Lipinski definition) is 8. The molecule has 2 aliphatic heterocycles. The number of benzene rings is 1. The summed E-state index contributed by atoms with van der Waals surface area (Å²) in [5, 5.41) is 9.23. The van der Waals surface area contributed by atoms with E-state index in [9.17, 15) is 36.3 Å². The van der Waals surface area contributed by atoms with Gasteiger partial charge in [0.25, 0.3) is 0 Å². The second kappa shape index (κ2) is 12.7. The number of esters is 1. The Morgan fingerprint density at radius 1 is 1.23 bits per heavy atom. The van der Waals surface area contributed by atoms with Crippen molar-refractivity contribution in [1.82, 2.24) is 0 Å². The highest BCUT2D eigenvalue weighted by molar-refractivity contribution is 14.1. The molecule has 0 aromatic heterocycles. The molecule has 1 aromatic rings. The van der Waals surface area contributed by atoms with Crippen LogP contribution in [0.3, 0.4) is 0 Å². The first-order valence-electron chi connectivity index (χ1n) is 12.3. The number of hydrogen-bond donors (Lipinski definition) is 1. The Balaban J connectivity index is 1.49. The highest BCUT2D eigenvalue weighted by Crippen LogP contribution is 2.45. The van der Waals surface area contributed by atoms with E-state index in [1.165, 1.54) is 25.1 Å². The van der Waals surface area contributed by atoms with E-state index in [1.807, 2.05) is 0 Å². The summed E-state index contributed by atoms with van der Waals surface area (Å²) in [6.45, 7) is 4.99. The first kappa shape index (κ1) is 31.6. The average molecular weight is 690 g/mol. The van der Waals surface area contributed by atoms with Crippen LogP contribution in [0.25, 0.3) is 0 Å². The predicted molar refractivity (Wildman–Crippen MR) is 141 cm³/mol. The number of carboxylic acid groups (broad SMARTS) is 1. The number of carbonyl (C=O) groups is 2. The van der Waals surface area contributed by atoms with Gasteiger partial charge in [0, 0.05) is 16.8 Å². The average Bonchev–Trinajstić information content (AvgIpc) is 3.23. The number of halogens is 4. The number of allylic oxidation sites excluding steroid dienone is 1. The van der Waals surface area contributed by atoms with Crippen molar-refractivity contribution in [3.63, 3.8) is 0 Å². The number of aromatic carboxylic acids is 1. The molecule has 0 aliphatic carbocycles. The molecular weight excluding hydrogens is 660 g/mol. The molecule has 39 heavy (non-hydrogen) atoms. The summed E-state index contributed by atoms with van der Waals surface area (Å²) in [6, 6.07) is 5.81. The van der Waals surface area contributed by atoms with Gasteiger partial charge >= 0.3 is 27.6 Å². The molecule has 0 spiro atoms. The molecule has 2 aliphatic rings. The molecule has 2 heterocycles. The van der Waals surface area contributed by atoms with Crippen LogP contribution >= 0.6 is 22.6 Å². The van der Waals surface area contributed by atoms with Gasteiger partial charge in [-0.05, 0) is 44.2 Å². The van der Waals surface area contributed by atoms with Crippen LogP contribution in [0.5, 0.6) is 0 Å². The Morgan fingerprint density at radius 3 is 2.51 bits per heavy atom. The fourth-order valence-electron chi connectivity index (χ4n) is 4.81. The Bertz CT molecular complexity index is 1170. The fraction of sp³-hybridized carbons (Fsp3) is 0.600. The predicted octanol–water partition coefficient (Wildman–Crippen LogP) is 5.24. The standard InChI is InChI=1S/C25H30F3IO9S/c1-15(16(2)38-39(33,34)25(26,27)28)12-17-9-10-21-24(14-29,37-17)13-18(36-21)6-5-11-35-23(32)20-8-4-3-7-19(20)22(30)31/h3-4,7-8,15,17-18,21H,2,5-6,9-14H2,1H3,(H,30,31)/t15-,17?,18+,21+,24-/m1/s1. The monoisotopic (exact) mass is 690 g/mol. The minimum Gasteiger partial charge on any atom is -0.478 e. The fourth-order valence-corrected chi connectivity index (χ4v) is 6.33. The topological polar surface area (TPSA) is 125 Å². The van der Waals surface area contributed by atoms with Crippen molar-refractivity contribution < 1.29 is 54.7 Å². The van der Waals surface area contributed by atoms with E-state index < -0.39 is 44.8 Å². The Hall–Kier alpha value is -1.91. The van der Waals surface area contributed by atoms with Gasteiger partial charge in [0.1, 0.15) is 11.4 Å². The molecule has 9 nitrogen and oxygen atoms in total. The quantitative estimate of drug-likeness (QED) is 0.0597. The van der Waals surface area contributed by atoms with E-state index in [1.54, 1.807) is 6.07 Å². The summed E-state index contributed by atoms with van der Waals surface area (Å²) in [5.41, 5.74) is -6.29. The van der Waals surface area contributed by atoms with Gasteiger partial charge in [-0.15, -0.1) is 0 Å². The Kier molecular flexibility index (Phi) is 10.3. The van der Waals surface area contributed by atoms with Crippen molar-refractivity contribution in [3.05, 3.63) is 47.7 Å². The van der Waals surface area contributed by atoms with Gasteiger partial charge in [-0.3, -0.25) is 0 Å². The number of fused-ring (bicyclic) bond motifs is 1. The van der Waals surface area contributed by atoms with Crippen LogP contribution in [0.15, 0.2) is 36.6 Å². The van der Waals surface area contributed by atoms with E-state index in [2.05, 4.69) is 33.4 Å². The number of rotatable bonds is 12. The maximum atomic E-state index is 12.6. The van der Waals surface area contributed by atoms with Crippen molar-refractivity contribution in [2.45, 2.75) is 74.9 Å². The Morgan fingerprint density at radius 2 is 1.90 bits per heavy atom. The first-order chi connectivity index (χ1) is 18.2. The lowest BCUT2D eigenvalue weighted by Gasteiger charge is -2.41. The number of carbonyl (C=O) groups excluding carboxylic acids is 1. The summed E-state index contributed by atoms with van der Waals surface area (Å²) in [7, 11) is -5.78. The minimum absolute atomic E-state index is 0.0187. The van der Waals surface area contributed by atoms with Gasteiger partial charge in [-0.2, -0.15) is 21.6 Å². The summed E-state index contributed by atoms with van der Waals surface area (Å²) in [6.07, 6.45) is 2.40. The highest BCUT2D eigenvalue weighted by Gasteiger charge is 2.53. The summed E-state index contributed by atoms with van der Waals surface area (Å²) in [5.74, 6) is -3.13. The van der Waals surface area contributed by atoms with Gasteiger partial charge in [0.05, 0.1) is 36.0 Å².